The van der Waals surface area contributed by atoms with E-state index in [1.54, 1.807) is 41.3 Å². The van der Waals surface area contributed by atoms with Gasteiger partial charge in [-0.1, -0.05) is 55.5 Å². The number of fused-ring (bicyclic) bond motifs is 1. The Balaban J connectivity index is 1.64. The van der Waals surface area contributed by atoms with Crippen LogP contribution in [0.15, 0.2) is 71.6 Å². The molecule has 1 aliphatic rings. The maximum absolute atomic E-state index is 13.5. The summed E-state index contributed by atoms with van der Waals surface area (Å²) in [5.74, 6) is 0.236. The van der Waals surface area contributed by atoms with Crippen molar-refractivity contribution in [3.05, 3.63) is 77.9 Å². The van der Waals surface area contributed by atoms with Crippen molar-refractivity contribution in [2.24, 2.45) is 11.7 Å². The molecule has 0 aromatic heterocycles. The van der Waals surface area contributed by atoms with Crippen molar-refractivity contribution in [2.75, 3.05) is 13.1 Å². The predicted octanol–water partition coefficient (Wildman–Crippen LogP) is 3.27. The van der Waals surface area contributed by atoms with Crippen molar-refractivity contribution >= 4 is 32.5 Å². The summed E-state index contributed by atoms with van der Waals surface area (Å²) in [4.78, 5) is 15.4. The lowest BCUT2D eigenvalue weighted by molar-refractivity contribution is -0.134. The van der Waals surface area contributed by atoms with Gasteiger partial charge in [0, 0.05) is 18.7 Å². The van der Waals surface area contributed by atoms with E-state index in [2.05, 4.69) is 11.6 Å². The average Bonchev–Trinajstić information content (AvgIpc) is 2.83. The lowest BCUT2D eigenvalue weighted by Crippen LogP contribution is -2.51. The molecule has 1 amide bonds. The summed E-state index contributed by atoms with van der Waals surface area (Å²) in [5, 5.41) is 9.45. The van der Waals surface area contributed by atoms with Crippen LogP contribution in [0.2, 0.25) is 0 Å². The van der Waals surface area contributed by atoms with Crippen LogP contribution in [0.3, 0.4) is 0 Å². The van der Waals surface area contributed by atoms with Crippen LogP contribution in [0.4, 0.5) is 0 Å². The standard InChI is InChI=1S/C26H30N4O3S/c1-18-11-13-30(14-12-18)26(31)24(16-19-5-4-8-22(15-19)25(27)28)29-34(32,33)23-10-9-20-6-2-3-7-21(20)17-23/h2-10,15,17-18,24,29H,11-14,16H2,1H3,(H3,27,28)/t24-/m0/s1. The van der Waals surface area contributed by atoms with Crippen LogP contribution < -0.4 is 10.5 Å². The Morgan fingerprint density at radius 3 is 2.47 bits per heavy atom. The monoisotopic (exact) mass is 478 g/mol. The predicted molar refractivity (Wildman–Crippen MR) is 134 cm³/mol. The number of carbonyl (C=O) groups excluding carboxylic acids is 1. The van der Waals surface area contributed by atoms with Crippen LogP contribution in [0.25, 0.3) is 10.8 Å². The second kappa shape index (κ2) is 9.95. The van der Waals surface area contributed by atoms with E-state index in [4.69, 9.17) is 11.1 Å². The van der Waals surface area contributed by atoms with E-state index in [-0.39, 0.29) is 23.1 Å². The number of hydrogen-bond acceptors (Lipinski definition) is 4. The Kier molecular flexibility index (Phi) is 7.00. The van der Waals surface area contributed by atoms with Crippen molar-refractivity contribution in [3.63, 3.8) is 0 Å². The number of nitrogens with one attached hydrogen (secondary N) is 2. The van der Waals surface area contributed by atoms with Gasteiger partial charge >= 0.3 is 0 Å². The van der Waals surface area contributed by atoms with Crippen LogP contribution in [-0.4, -0.2) is 44.2 Å². The third kappa shape index (κ3) is 5.46. The first kappa shape index (κ1) is 23.9. The molecule has 1 aliphatic heterocycles. The number of rotatable bonds is 7. The van der Waals surface area contributed by atoms with Gasteiger partial charge in [0.25, 0.3) is 0 Å². The molecule has 0 unspecified atom stereocenters. The van der Waals surface area contributed by atoms with Crippen molar-refractivity contribution in [2.45, 2.75) is 37.1 Å². The molecule has 0 aliphatic carbocycles. The van der Waals surface area contributed by atoms with E-state index >= 15 is 0 Å². The first-order valence-electron chi connectivity index (χ1n) is 11.5. The number of likely N-dealkylation sites (tertiary alicyclic amines) is 1. The smallest absolute Gasteiger partial charge is 0.241 e. The Bertz CT molecular complexity index is 1310. The number of hydrogen-bond donors (Lipinski definition) is 3. The van der Waals surface area contributed by atoms with E-state index < -0.39 is 16.1 Å². The highest BCUT2D eigenvalue weighted by Crippen LogP contribution is 2.21. The number of carbonyl (C=O) groups is 1. The molecule has 8 heteroatoms. The molecule has 3 aromatic rings. The van der Waals surface area contributed by atoms with Crippen molar-refractivity contribution in [3.8, 4) is 0 Å². The molecule has 34 heavy (non-hydrogen) atoms. The minimum absolute atomic E-state index is 0.0773. The van der Waals surface area contributed by atoms with Gasteiger partial charge in [-0.3, -0.25) is 10.2 Å². The fourth-order valence-corrected chi connectivity index (χ4v) is 5.54. The second-order valence-corrected chi connectivity index (χ2v) is 10.7. The van der Waals surface area contributed by atoms with E-state index in [9.17, 15) is 13.2 Å². The van der Waals surface area contributed by atoms with Gasteiger partial charge in [-0.05, 0) is 59.7 Å². The highest BCUT2D eigenvalue weighted by molar-refractivity contribution is 7.89. The first-order chi connectivity index (χ1) is 16.2. The van der Waals surface area contributed by atoms with Gasteiger partial charge in [-0.25, -0.2) is 8.42 Å². The zero-order valence-corrected chi connectivity index (χ0v) is 20.0. The number of sulfonamides is 1. The van der Waals surface area contributed by atoms with Gasteiger partial charge in [-0.2, -0.15) is 4.72 Å². The van der Waals surface area contributed by atoms with E-state index in [1.807, 2.05) is 30.3 Å². The lowest BCUT2D eigenvalue weighted by Gasteiger charge is -2.33. The number of nitrogens with zero attached hydrogens (tertiary/aromatic N) is 1. The number of nitrogen functional groups attached to an aromatic ring is 1. The van der Waals surface area contributed by atoms with Crippen LogP contribution >= 0.6 is 0 Å². The quantitative estimate of drug-likeness (QED) is 0.357. The third-order valence-electron chi connectivity index (χ3n) is 6.40. The Morgan fingerprint density at radius 1 is 1.06 bits per heavy atom. The molecule has 0 spiro atoms. The molecule has 178 valence electrons. The van der Waals surface area contributed by atoms with Crippen LogP contribution in [-0.2, 0) is 21.2 Å². The maximum atomic E-state index is 13.5. The summed E-state index contributed by atoms with van der Waals surface area (Å²) in [7, 11) is -3.96. The summed E-state index contributed by atoms with van der Waals surface area (Å²) in [6.45, 7) is 3.39. The lowest BCUT2D eigenvalue weighted by atomic mass is 9.97. The second-order valence-electron chi connectivity index (χ2n) is 9.01. The van der Waals surface area contributed by atoms with Gasteiger partial charge in [0.15, 0.2) is 0 Å². The minimum Gasteiger partial charge on any atom is -0.384 e. The van der Waals surface area contributed by atoms with Crippen molar-refractivity contribution in [1.82, 2.24) is 9.62 Å². The molecule has 4 rings (SSSR count). The molecule has 4 N–H and O–H groups in total. The first-order valence-corrected chi connectivity index (χ1v) is 12.9. The molecule has 7 nitrogen and oxygen atoms in total. The number of benzene rings is 3. The number of nitrogens with two attached hydrogens (primary N) is 1. The zero-order chi connectivity index (χ0) is 24.3. The summed E-state index contributed by atoms with van der Waals surface area (Å²) < 4.78 is 29.4. The van der Waals surface area contributed by atoms with Gasteiger partial charge in [-0.15, -0.1) is 0 Å². The van der Waals surface area contributed by atoms with E-state index in [1.165, 1.54) is 0 Å². The minimum atomic E-state index is -3.96. The zero-order valence-electron chi connectivity index (χ0n) is 19.2. The molecule has 0 saturated carbocycles. The Hall–Kier alpha value is -3.23. The van der Waals surface area contributed by atoms with E-state index in [0.29, 0.717) is 24.6 Å². The summed E-state index contributed by atoms with van der Waals surface area (Å²) in [6.07, 6.45) is 1.96. The molecule has 1 atom stereocenters. The molecule has 0 bridgehead atoms. The summed E-state index contributed by atoms with van der Waals surface area (Å²) in [5.41, 5.74) is 6.89. The molecule has 1 fully saturated rings. The van der Waals surface area contributed by atoms with Gasteiger partial charge in [0.1, 0.15) is 11.9 Å². The van der Waals surface area contributed by atoms with Crippen LogP contribution in [0.1, 0.15) is 30.9 Å². The molecule has 1 heterocycles. The van der Waals surface area contributed by atoms with E-state index in [0.717, 1.165) is 29.2 Å². The fraction of sp³-hybridized carbons (Fsp3) is 0.308. The Labute approximate surface area is 200 Å². The largest absolute Gasteiger partial charge is 0.384 e. The van der Waals surface area contributed by atoms with Crippen molar-refractivity contribution < 1.29 is 13.2 Å². The molecular weight excluding hydrogens is 448 g/mol. The number of piperidine rings is 1. The summed E-state index contributed by atoms with van der Waals surface area (Å²) in [6, 6.07) is 18.5. The SMILES string of the molecule is CC1CCN(C(=O)[C@H](Cc2cccc(C(=N)N)c2)NS(=O)(=O)c2ccc3ccccc3c2)CC1. The highest BCUT2D eigenvalue weighted by Gasteiger charge is 2.31. The summed E-state index contributed by atoms with van der Waals surface area (Å²) >= 11 is 0. The molecule has 3 aromatic carbocycles. The molecule has 1 saturated heterocycles. The number of amides is 1. The topological polar surface area (TPSA) is 116 Å². The van der Waals surface area contributed by atoms with Crippen molar-refractivity contribution in [1.29, 1.82) is 5.41 Å². The van der Waals surface area contributed by atoms with Gasteiger partial charge in [0.05, 0.1) is 4.90 Å². The third-order valence-corrected chi connectivity index (χ3v) is 7.87. The molecule has 0 radical (unpaired) electrons. The normalized spacial score (nSPS) is 15.9. The molecular formula is C26H30N4O3S. The Morgan fingerprint density at radius 2 is 1.76 bits per heavy atom. The van der Waals surface area contributed by atoms with Gasteiger partial charge < -0.3 is 10.6 Å². The van der Waals surface area contributed by atoms with Gasteiger partial charge in [0.2, 0.25) is 15.9 Å². The fourth-order valence-electron chi connectivity index (χ4n) is 4.32. The highest BCUT2D eigenvalue weighted by atomic mass is 32.2. The average molecular weight is 479 g/mol. The maximum Gasteiger partial charge on any atom is 0.241 e. The number of amidine groups is 1. The van der Waals surface area contributed by atoms with Crippen LogP contribution in [0.5, 0.6) is 0 Å². The van der Waals surface area contributed by atoms with Crippen LogP contribution in [0, 0.1) is 11.3 Å².